The molecule has 0 spiro atoms. The molecular formula is C19H36O4. The van der Waals surface area contributed by atoms with Crippen molar-refractivity contribution in [1.82, 2.24) is 0 Å². The Morgan fingerprint density at radius 1 is 1.04 bits per heavy atom. The fourth-order valence-electron chi connectivity index (χ4n) is 3.08. The molecule has 1 N–H and O–H groups in total. The summed E-state index contributed by atoms with van der Waals surface area (Å²) in [5, 5.41) is 9.99. The highest BCUT2D eigenvalue weighted by Crippen LogP contribution is 2.32. The summed E-state index contributed by atoms with van der Waals surface area (Å²) in [6.07, 6.45) is 14.4. The molecule has 3 unspecified atom stereocenters. The quantitative estimate of drug-likeness (QED) is 0.275. The van der Waals surface area contributed by atoms with Crippen LogP contribution >= 0.6 is 0 Å². The molecular weight excluding hydrogens is 292 g/mol. The van der Waals surface area contributed by atoms with E-state index in [-0.39, 0.29) is 12.1 Å². The minimum Gasteiger partial charge on any atom is -0.469 e. The predicted molar refractivity (Wildman–Crippen MR) is 92.4 cm³/mol. The molecule has 4 nitrogen and oxygen atoms in total. The molecule has 0 aromatic rings. The van der Waals surface area contributed by atoms with Gasteiger partial charge in [-0.25, -0.2) is 0 Å². The third kappa shape index (κ3) is 10.7. The summed E-state index contributed by atoms with van der Waals surface area (Å²) in [6.45, 7) is 2.21. The Labute approximate surface area is 141 Å². The van der Waals surface area contributed by atoms with Crippen LogP contribution in [0.5, 0.6) is 0 Å². The monoisotopic (exact) mass is 328 g/mol. The number of aliphatic hydroxyl groups is 1. The van der Waals surface area contributed by atoms with E-state index in [1.54, 1.807) is 0 Å². The van der Waals surface area contributed by atoms with Crippen LogP contribution in [-0.2, 0) is 14.3 Å². The standard InChI is InChI=1S/C19H36O4/c1-3-4-5-9-12-16(20)15-18-17(23-18)13-10-7-6-8-11-14-19(21)22-2/h16-18,20H,3-15H2,1-2H3. The van der Waals surface area contributed by atoms with E-state index in [2.05, 4.69) is 11.7 Å². The molecule has 1 fully saturated rings. The van der Waals surface area contributed by atoms with E-state index in [0.29, 0.717) is 18.6 Å². The van der Waals surface area contributed by atoms with Crippen molar-refractivity contribution in [1.29, 1.82) is 0 Å². The van der Waals surface area contributed by atoms with Gasteiger partial charge in [0, 0.05) is 12.8 Å². The lowest BCUT2D eigenvalue weighted by atomic mass is 10.0. The van der Waals surface area contributed by atoms with E-state index in [0.717, 1.165) is 38.5 Å². The highest BCUT2D eigenvalue weighted by Gasteiger charge is 2.38. The third-order valence-corrected chi connectivity index (χ3v) is 4.68. The van der Waals surface area contributed by atoms with Crippen LogP contribution in [0.1, 0.15) is 90.4 Å². The van der Waals surface area contributed by atoms with Crippen LogP contribution in [0.4, 0.5) is 0 Å². The number of carbonyl (C=O) groups is 1. The van der Waals surface area contributed by atoms with Crippen molar-refractivity contribution in [3.05, 3.63) is 0 Å². The van der Waals surface area contributed by atoms with Gasteiger partial charge >= 0.3 is 5.97 Å². The van der Waals surface area contributed by atoms with Crippen molar-refractivity contribution in [3.8, 4) is 0 Å². The summed E-state index contributed by atoms with van der Waals surface area (Å²) in [7, 11) is 1.44. The number of ether oxygens (including phenoxy) is 2. The fourth-order valence-corrected chi connectivity index (χ4v) is 3.08. The third-order valence-electron chi connectivity index (χ3n) is 4.68. The second-order valence-electron chi connectivity index (χ2n) is 6.83. The van der Waals surface area contributed by atoms with Gasteiger partial charge in [-0.2, -0.15) is 0 Å². The molecule has 0 aliphatic carbocycles. The largest absolute Gasteiger partial charge is 0.469 e. The molecule has 0 saturated carbocycles. The number of unbranched alkanes of at least 4 members (excludes halogenated alkanes) is 7. The summed E-state index contributed by atoms with van der Waals surface area (Å²) in [6, 6.07) is 0. The molecule has 0 aromatic heterocycles. The first-order valence-electron chi connectivity index (χ1n) is 9.57. The van der Waals surface area contributed by atoms with E-state index in [4.69, 9.17) is 4.74 Å². The van der Waals surface area contributed by atoms with Crippen LogP contribution in [0.25, 0.3) is 0 Å². The van der Waals surface area contributed by atoms with Crippen LogP contribution in [-0.4, -0.2) is 36.5 Å². The van der Waals surface area contributed by atoms with Crippen LogP contribution in [0, 0.1) is 0 Å². The average molecular weight is 328 g/mol. The zero-order chi connectivity index (χ0) is 16.9. The molecule has 0 bridgehead atoms. The molecule has 1 rings (SSSR count). The first kappa shape index (κ1) is 20.4. The predicted octanol–water partition coefficient (Wildman–Crippen LogP) is 4.38. The number of methoxy groups -OCH3 is 1. The zero-order valence-corrected chi connectivity index (χ0v) is 15.1. The van der Waals surface area contributed by atoms with Gasteiger partial charge in [-0.15, -0.1) is 0 Å². The van der Waals surface area contributed by atoms with Crippen molar-refractivity contribution in [2.75, 3.05) is 7.11 Å². The summed E-state index contributed by atoms with van der Waals surface area (Å²) in [5.74, 6) is -0.104. The van der Waals surface area contributed by atoms with Gasteiger partial charge < -0.3 is 14.6 Å². The summed E-state index contributed by atoms with van der Waals surface area (Å²) < 4.78 is 10.3. The minimum atomic E-state index is -0.180. The average Bonchev–Trinajstić information content (AvgIpc) is 3.28. The van der Waals surface area contributed by atoms with Gasteiger partial charge in [0.25, 0.3) is 0 Å². The zero-order valence-electron chi connectivity index (χ0n) is 15.1. The molecule has 0 aromatic carbocycles. The Kier molecular flexibility index (Phi) is 11.3. The first-order valence-corrected chi connectivity index (χ1v) is 9.57. The maximum Gasteiger partial charge on any atom is 0.305 e. The first-order chi connectivity index (χ1) is 11.2. The van der Waals surface area contributed by atoms with Crippen molar-refractivity contribution < 1.29 is 19.4 Å². The normalized spacial score (nSPS) is 21.2. The van der Waals surface area contributed by atoms with E-state index in [1.807, 2.05) is 0 Å². The number of hydrogen-bond donors (Lipinski definition) is 1. The van der Waals surface area contributed by atoms with Crippen LogP contribution in [0.2, 0.25) is 0 Å². The molecule has 1 aliphatic heterocycles. The Hall–Kier alpha value is -0.610. The summed E-state index contributed by atoms with van der Waals surface area (Å²) >= 11 is 0. The van der Waals surface area contributed by atoms with E-state index in [9.17, 15) is 9.90 Å². The molecule has 1 heterocycles. The maximum absolute atomic E-state index is 11.0. The van der Waals surface area contributed by atoms with Crippen molar-refractivity contribution in [3.63, 3.8) is 0 Å². The molecule has 136 valence electrons. The van der Waals surface area contributed by atoms with Gasteiger partial charge in [-0.05, 0) is 19.3 Å². The number of carbonyl (C=O) groups excluding carboxylic acids is 1. The van der Waals surface area contributed by atoms with Gasteiger partial charge in [0.1, 0.15) is 0 Å². The second kappa shape index (κ2) is 12.8. The Morgan fingerprint density at radius 2 is 1.74 bits per heavy atom. The second-order valence-corrected chi connectivity index (χ2v) is 6.83. The molecule has 3 atom stereocenters. The molecule has 23 heavy (non-hydrogen) atoms. The lowest BCUT2D eigenvalue weighted by molar-refractivity contribution is -0.140. The van der Waals surface area contributed by atoms with Crippen molar-refractivity contribution in [2.24, 2.45) is 0 Å². The number of rotatable bonds is 15. The Morgan fingerprint density at radius 3 is 2.48 bits per heavy atom. The molecule has 1 aliphatic rings. The molecule has 0 amide bonds. The number of aliphatic hydroxyl groups excluding tert-OH is 1. The van der Waals surface area contributed by atoms with E-state index < -0.39 is 0 Å². The number of hydrogen-bond acceptors (Lipinski definition) is 4. The lowest BCUT2D eigenvalue weighted by Crippen LogP contribution is -2.11. The maximum atomic E-state index is 11.0. The Bertz CT molecular complexity index is 306. The number of epoxide rings is 1. The van der Waals surface area contributed by atoms with Crippen LogP contribution in [0.3, 0.4) is 0 Å². The smallest absolute Gasteiger partial charge is 0.305 e. The van der Waals surface area contributed by atoms with Gasteiger partial charge in [0.05, 0.1) is 25.4 Å². The molecule has 0 radical (unpaired) electrons. The van der Waals surface area contributed by atoms with Gasteiger partial charge in [-0.1, -0.05) is 58.3 Å². The summed E-state index contributed by atoms with van der Waals surface area (Å²) in [5.41, 5.74) is 0. The van der Waals surface area contributed by atoms with Gasteiger partial charge in [0.2, 0.25) is 0 Å². The lowest BCUT2D eigenvalue weighted by Gasteiger charge is -2.08. The van der Waals surface area contributed by atoms with E-state index in [1.165, 1.54) is 45.6 Å². The van der Waals surface area contributed by atoms with Gasteiger partial charge in [0.15, 0.2) is 0 Å². The highest BCUT2D eigenvalue weighted by molar-refractivity contribution is 5.68. The molecule has 4 heteroatoms. The number of esters is 1. The fraction of sp³-hybridized carbons (Fsp3) is 0.947. The van der Waals surface area contributed by atoms with Crippen LogP contribution in [0.15, 0.2) is 0 Å². The SMILES string of the molecule is CCCCCCC(O)CC1OC1CCCCCCCC(=O)OC. The van der Waals surface area contributed by atoms with Crippen molar-refractivity contribution >= 4 is 5.97 Å². The Balaban J connectivity index is 1.86. The van der Waals surface area contributed by atoms with Gasteiger partial charge in [-0.3, -0.25) is 4.79 Å². The molecule has 1 saturated heterocycles. The highest BCUT2D eigenvalue weighted by atomic mass is 16.6. The van der Waals surface area contributed by atoms with Crippen LogP contribution < -0.4 is 0 Å². The summed E-state index contributed by atoms with van der Waals surface area (Å²) in [4.78, 5) is 11.0. The minimum absolute atomic E-state index is 0.104. The van der Waals surface area contributed by atoms with Crippen molar-refractivity contribution in [2.45, 2.75) is 109 Å². The topological polar surface area (TPSA) is 59.1 Å². The van der Waals surface area contributed by atoms with E-state index >= 15 is 0 Å².